The van der Waals surface area contributed by atoms with E-state index in [1.165, 1.54) is 19.1 Å². The summed E-state index contributed by atoms with van der Waals surface area (Å²) in [5.74, 6) is -6.00. The van der Waals surface area contributed by atoms with Crippen LogP contribution in [-0.2, 0) is 4.79 Å². The van der Waals surface area contributed by atoms with Crippen LogP contribution in [0.1, 0.15) is 17.3 Å². The van der Waals surface area contributed by atoms with E-state index in [0.717, 1.165) is 6.07 Å². The molecule has 2 N–H and O–H groups in total. The van der Waals surface area contributed by atoms with E-state index in [0.29, 0.717) is 11.8 Å². The number of benzene rings is 2. The number of hydrogen-bond donors (Lipinski definition) is 2. The molecule has 0 aliphatic carbocycles. The number of carbonyl (C=O) groups excluding carboxylic acids is 2. The quantitative estimate of drug-likeness (QED) is 0.855. The third-order valence-corrected chi connectivity index (χ3v) is 2.77. The molecule has 0 unspecified atom stereocenters. The Morgan fingerprint density at radius 1 is 0.864 bits per heavy atom. The van der Waals surface area contributed by atoms with Crippen LogP contribution in [0.3, 0.4) is 0 Å². The predicted octanol–water partition coefficient (Wildman–Crippen LogP) is 3.31. The molecule has 2 aromatic rings. The average molecular weight is 308 g/mol. The Hall–Kier alpha value is -2.83. The van der Waals surface area contributed by atoms with Crippen LogP contribution in [0, 0.1) is 17.5 Å². The normalized spacial score (nSPS) is 10.2. The monoisotopic (exact) mass is 308 g/mol. The molecule has 114 valence electrons. The highest BCUT2D eigenvalue weighted by Gasteiger charge is 2.19. The molecule has 2 amide bonds. The van der Waals surface area contributed by atoms with Crippen LogP contribution in [-0.4, -0.2) is 11.8 Å². The first-order chi connectivity index (χ1) is 10.4. The molecule has 0 aliphatic heterocycles. The van der Waals surface area contributed by atoms with E-state index in [1.807, 2.05) is 0 Å². The van der Waals surface area contributed by atoms with Crippen molar-refractivity contribution in [1.82, 2.24) is 0 Å². The van der Waals surface area contributed by atoms with Crippen LogP contribution in [0.25, 0.3) is 0 Å². The number of amides is 2. The Labute approximate surface area is 124 Å². The minimum absolute atomic E-state index is 0.201. The van der Waals surface area contributed by atoms with E-state index in [2.05, 4.69) is 10.6 Å². The van der Waals surface area contributed by atoms with E-state index in [9.17, 15) is 22.8 Å². The molecule has 0 aromatic heterocycles. The number of para-hydroxylation sites is 2. The van der Waals surface area contributed by atoms with Gasteiger partial charge >= 0.3 is 0 Å². The van der Waals surface area contributed by atoms with Gasteiger partial charge in [0.25, 0.3) is 5.91 Å². The summed E-state index contributed by atoms with van der Waals surface area (Å²) in [5, 5.41) is 4.82. The lowest BCUT2D eigenvalue weighted by atomic mass is 10.1. The minimum atomic E-state index is -1.72. The van der Waals surface area contributed by atoms with Crippen molar-refractivity contribution >= 4 is 23.2 Å². The predicted molar refractivity (Wildman–Crippen MR) is 75.0 cm³/mol. The van der Waals surface area contributed by atoms with Gasteiger partial charge < -0.3 is 10.6 Å². The molecule has 0 fully saturated rings. The van der Waals surface area contributed by atoms with Gasteiger partial charge in [-0.1, -0.05) is 12.1 Å². The number of carbonyl (C=O) groups is 2. The summed E-state index contributed by atoms with van der Waals surface area (Å²) in [6, 6.07) is 7.71. The number of nitrogens with one attached hydrogen (secondary N) is 2. The number of hydrogen-bond acceptors (Lipinski definition) is 2. The second-order valence-corrected chi connectivity index (χ2v) is 4.40. The Balaban J connectivity index is 2.30. The molecule has 7 heteroatoms. The lowest BCUT2D eigenvalue weighted by Crippen LogP contribution is -2.17. The van der Waals surface area contributed by atoms with Gasteiger partial charge in [-0.25, -0.2) is 13.2 Å². The molecule has 0 radical (unpaired) electrons. The maximum absolute atomic E-state index is 13.6. The minimum Gasteiger partial charge on any atom is -0.325 e. The Bertz CT molecular complexity index is 748. The average Bonchev–Trinajstić information content (AvgIpc) is 2.46. The summed E-state index contributed by atoms with van der Waals surface area (Å²) < 4.78 is 39.6. The zero-order valence-corrected chi connectivity index (χ0v) is 11.4. The number of halogens is 3. The molecule has 0 heterocycles. The lowest BCUT2D eigenvalue weighted by molar-refractivity contribution is -0.114. The molecule has 2 rings (SSSR count). The second kappa shape index (κ2) is 6.30. The van der Waals surface area contributed by atoms with Crippen LogP contribution in [0.15, 0.2) is 36.4 Å². The maximum atomic E-state index is 13.6. The summed E-state index contributed by atoms with van der Waals surface area (Å²) in [6.07, 6.45) is 0. The Morgan fingerprint density at radius 3 is 2.05 bits per heavy atom. The van der Waals surface area contributed by atoms with E-state index in [4.69, 9.17) is 0 Å². The van der Waals surface area contributed by atoms with Gasteiger partial charge in [-0.05, 0) is 24.3 Å². The van der Waals surface area contributed by atoms with Gasteiger partial charge in [0.15, 0.2) is 17.5 Å². The highest BCUT2D eigenvalue weighted by molar-refractivity contribution is 6.07. The molecule has 0 atom stereocenters. The Morgan fingerprint density at radius 2 is 1.45 bits per heavy atom. The van der Waals surface area contributed by atoms with Crippen molar-refractivity contribution in [3.8, 4) is 0 Å². The standard InChI is InChI=1S/C15H11F3N2O2/c1-8(21)19-11-4-2-3-5-12(11)20-15(22)9-6-7-10(16)14(18)13(9)17/h2-7H,1H3,(H,19,21)(H,20,22). The van der Waals surface area contributed by atoms with E-state index < -0.39 is 28.9 Å². The smallest absolute Gasteiger partial charge is 0.258 e. The first-order valence-corrected chi connectivity index (χ1v) is 6.21. The molecule has 22 heavy (non-hydrogen) atoms. The van der Waals surface area contributed by atoms with Gasteiger partial charge in [-0.3, -0.25) is 9.59 Å². The van der Waals surface area contributed by atoms with Crippen LogP contribution >= 0.6 is 0 Å². The lowest BCUT2D eigenvalue weighted by Gasteiger charge is -2.11. The fourth-order valence-electron chi connectivity index (χ4n) is 1.78. The van der Waals surface area contributed by atoms with Crippen molar-refractivity contribution in [3.63, 3.8) is 0 Å². The molecule has 0 bridgehead atoms. The maximum Gasteiger partial charge on any atom is 0.258 e. The third kappa shape index (κ3) is 3.25. The van der Waals surface area contributed by atoms with E-state index >= 15 is 0 Å². The van der Waals surface area contributed by atoms with Crippen LogP contribution < -0.4 is 10.6 Å². The first-order valence-electron chi connectivity index (χ1n) is 6.21. The van der Waals surface area contributed by atoms with Gasteiger partial charge in [-0.15, -0.1) is 0 Å². The summed E-state index contributed by atoms with van der Waals surface area (Å²) >= 11 is 0. The fourth-order valence-corrected chi connectivity index (χ4v) is 1.78. The summed E-state index contributed by atoms with van der Waals surface area (Å²) in [4.78, 5) is 23.1. The summed E-state index contributed by atoms with van der Waals surface area (Å²) in [5.41, 5.74) is -0.144. The van der Waals surface area contributed by atoms with Gasteiger partial charge in [-0.2, -0.15) is 0 Å². The van der Waals surface area contributed by atoms with Gasteiger partial charge in [0, 0.05) is 6.92 Å². The number of anilines is 2. The van der Waals surface area contributed by atoms with E-state index in [1.54, 1.807) is 12.1 Å². The van der Waals surface area contributed by atoms with Crippen molar-refractivity contribution in [1.29, 1.82) is 0 Å². The Kier molecular flexibility index (Phi) is 4.45. The fraction of sp³-hybridized carbons (Fsp3) is 0.0667. The molecule has 0 saturated heterocycles. The zero-order valence-electron chi connectivity index (χ0n) is 11.4. The van der Waals surface area contributed by atoms with Gasteiger partial charge in [0.1, 0.15) is 0 Å². The molecular formula is C15H11F3N2O2. The molecule has 4 nitrogen and oxygen atoms in total. The SMILES string of the molecule is CC(=O)Nc1ccccc1NC(=O)c1ccc(F)c(F)c1F. The van der Waals surface area contributed by atoms with Gasteiger partial charge in [0.2, 0.25) is 5.91 Å². The van der Waals surface area contributed by atoms with Crippen molar-refractivity contribution in [2.75, 3.05) is 10.6 Å². The van der Waals surface area contributed by atoms with Crippen LogP contribution in [0.5, 0.6) is 0 Å². The van der Waals surface area contributed by atoms with Crippen molar-refractivity contribution < 1.29 is 22.8 Å². The largest absolute Gasteiger partial charge is 0.325 e. The summed E-state index contributed by atoms with van der Waals surface area (Å²) in [6.45, 7) is 1.29. The topological polar surface area (TPSA) is 58.2 Å². The molecule has 0 spiro atoms. The molecule has 0 saturated carbocycles. The number of rotatable bonds is 3. The molecule has 0 aliphatic rings. The van der Waals surface area contributed by atoms with Crippen molar-refractivity contribution in [3.05, 3.63) is 59.4 Å². The summed E-state index contributed by atoms with van der Waals surface area (Å²) in [7, 11) is 0. The molecular weight excluding hydrogens is 297 g/mol. The van der Waals surface area contributed by atoms with Crippen LogP contribution in [0.4, 0.5) is 24.5 Å². The van der Waals surface area contributed by atoms with Crippen molar-refractivity contribution in [2.45, 2.75) is 6.92 Å². The van der Waals surface area contributed by atoms with E-state index in [-0.39, 0.29) is 11.6 Å². The zero-order chi connectivity index (χ0) is 16.3. The highest BCUT2D eigenvalue weighted by Crippen LogP contribution is 2.23. The third-order valence-electron chi connectivity index (χ3n) is 2.77. The van der Waals surface area contributed by atoms with Crippen molar-refractivity contribution in [2.24, 2.45) is 0 Å². The van der Waals surface area contributed by atoms with Crippen LogP contribution in [0.2, 0.25) is 0 Å². The highest BCUT2D eigenvalue weighted by atomic mass is 19.2. The van der Waals surface area contributed by atoms with Gasteiger partial charge in [0.05, 0.1) is 16.9 Å². The molecule has 2 aromatic carbocycles. The first kappa shape index (κ1) is 15.6. The second-order valence-electron chi connectivity index (χ2n) is 4.40.